The highest BCUT2D eigenvalue weighted by molar-refractivity contribution is 5.60. The first-order valence-electron chi connectivity index (χ1n) is 7.74. The fraction of sp³-hybridized carbons (Fsp3) is 0.471. The van der Waals surface area contributed by atoms with E-state index in [2.05, 4.69) is 40.0 Å². The molecule has 1 aromatic heterocycles. The lowest BCUT2D eigenvalue weighted by Gasteiger charge is -2.33. The second-order valence-electron chi connectivity index (χ2n) is 5.89. The van der Waals surface area contributed by atoms with Gasteiger partial charge in [0, 0.05) is 24.5 Å². The van der Waals surface area contributed by atoms with E-state index < -0.39 is 5.60 Å². The summed E-state index contributed by atoms with van der Waals surface area (Å²) < 4.78 is 2.08. The lowest BCUT2D eigenvalue weighted by Crippen LogP contribution is -2.48. The lowest BCUT2D eigenvalue weighted by atomic mass is 9.94. The quantitative estimate of drug-likeness (QED) is 0.905. The zero-order valence-corrected chi connectivity index (χ0v) is 12.5. The average Bonchev–Trinajstić information content (AvgIpc) is 2.95. The Balaban J connectivity index is 1.90. The lowest BCUT2D eigenvalue weighted by molar-refractivity contribution is 0.00105. The summed E-state index contributed by atoms with van der Waals surface area (Å²) in [7, 11) is 0. The SMILES string of the molecule is CCc1ccccc1-c1nccn1CC1(O)CCCNC1. The van der Waals surface area contributed by atoms with Crippen molar-refractivity contribution in [1.82, 2.24) is 14.9 Å². The van der Waals surface area contributed by atoms with Gasteiger partial charge in [-0.05, 0) is 31.4 Å². The number of β-amino-alcohol motifs (C(OH)–C–C–N with tert-alkyl or cyclic N) is 1. The van der Waals surface area contributed by atoms with Crippen LogP contribution < -0.4 is 5.32 Å². The van der Waals surface area contributed by atoms with Gasteiger partial charge in [0.05, 0.1) is 12.1 Å². The summed E-state index contributed by atoms with van der Waals surface area (Å²) in [5, 5.41) is 14.0. The molecule has 1 fully saturated rings. The first-order valence-corrected chi connectivity index (χ1v) is 7.74. The second-order valence-corrected chi connectivity index (χ2v) is 5.89. The molecule has 4 nitrogen and oxygen atoms in total. The number of nitrogens with zero attached hydrogens (tertiary/aromatic N) is 2. The molecule has 2 aromatic rings. The molecule has 112 valence electrons. The molecule has 0 bridgehead atoms. The van der Waals surface area contributed by atoms with Crippen LogP contribution in [0.5, 0.6) is 0 Å². The molecule has 0 saturated carbocycles. The summed E-state index contributed by atoms with van der Waals surface area (Å²) in [6, 6.07) is 8.37. The zero-order chi connectivity index (χ0) is 14.7. The van der Waals surface area contributed by atoms with E-state index in [4.69, 9.17) is 0 Å². The Bertz CT molecular complexity index is 600. The minimum Gasteiger partial charge on any atom is -0.387 e. The third-order valence-corrected chi connectivity index (χ3v) is 4.27. The van der Waals surface area contributed by atoms with Gasteiger partial charge >= 0.3 is 0 Å². The van der Waals surface area contributed by atoms with Crippen LogP contribution in [0.4, 0.5) is 0 Å². The first kappa shape index (κ1) is 14.3. The van der Waals surface area contributed by atoms with E-state index in [-0.39, 0.29) is 0 Å². The number of aliphatic hydroxyl groups is 1. The molecular weight excluding hydrogens is 262 g/mol. The van der Waals surface area contributed by atoms with Crippen LogP contribution in [0.3, 0.4) is 0 Å². The number of rotatable bonds is 4. The fourth-order valence-corrected chi connectivity index (χ4v) is 3.13. The van der Waals surface area contributed by atoms with E-state index >= 15 is 0 Å². The number of nitrogens with one attached hydrogen (secondary N) is 1. The maximum Gasteiger partial charge on any atom is 0.140 e. The third kappa shape index (κ3) is 3.01. The monoisotopic (exact) mass is 285 g/mol. The molecule has 3 rings (SSSR count). The molecule has 0 spiro atoms. The first-order chi connectivity index (χ1) is 10.2. The Morgan fingerprint density at radius 1 is 1.38 bits per heavy atom. The molecule has 0 aliphatic carbocycles. The summed E-state index contributed by atoms with van der Waals surface area (Å²) in [6.45, 7) is 4.40. The molecule has 2 heterocycles. The van der Waals surface area contributed by atoms with Gasteiger partial charge in [-0.25, -0.2) is 4.98 Å². The van der Waals surface area contributed by atoms with E-state index in [9.17, 15) is 5.11 Å². The summed E-state index contributed by atoms with van der Waals surface area (Å²) in [5.41, 5.74) is 1.78. The summed E-state index contributed by atoms with van der Waals surface area (Å²) in [4.78, 5) is 4.52. The predicted octanol–water partition coefficient (Wildman–Crippen LogP) is 2.23. The molecule has 1 aromatic carbocycles. The number of imidazole rings is 1. The van der Waals surface area contributed by atoms with Crippen LogP contribution in [0.25, 0.3) is 11.4 Å². The highest BCUT2D eigenvalue weighted by atomic mass is 16.3. The Labute approximate surface area is 125 Å². The van der Waals surface area contributed by atoms with E-state index in [0.29, 0.717) is 13.1 Å². The Hall–Kier alpha value is -1.65. The van der Waals surface area contributed by atoms with Gasteiger partial charge in [0.1, 0.15) is 5.82 Å². The van der Waals surface area contributed by atoms with Crippen LogP contribution in [0, 0.1) is 0 Å². The van der Waals surface area contributed by atoms with E-state index in [1.807, 2.05) is 18.5 Å². The van der Waals surface area contributed by atoms with Crippen molar-refractivity contribution in [3.05, 3.63) is 42.2 Å². The highest BCUT2D eigenvalue weighted by Crippen LogP contribution is 2.25. The second kappa shape index (κ2) is 6.00. The smallest absolute Gasteiger partial charge is 0.140 e. The molecule has 1 atom stereocenters. The van der Waals surface area contributed by atoms with E-state index in [1.54, 1.807) is 0 Å². The Morgan fingerprint density at radius 3 is 3.00 bits per heavy atom. The molecule has 1 unspecified atom stereocenters. The normalized spacial score (nSPS) is 22.4. The number of benzene rings is 1. The molecule has 1 aliphatic rings. The van der Waals surface area contributed by atoms with Gasteiger partial charge in [-0.3, -0.25) is 0 Å². The van der Waals surface area contributed by atoms with Gasteiger partial charge < -0.3 is 15.0 Å². The maximum absolute atomic E-state index is 10.7. The molecule has 21 heavy (non-hydrogen) atoms. The summed E-state index contributed by atoms with van der Waals surface area (Å²) in [5.74, 6) is 0.950. The van der Waals surface area contributed by atoms with Gasteiger partial charge in [-0.1, -0.05) is 31.2 Å². The number of aryl methyl sites for hydroxylation is 1. The van der Waals surface area contributed by atoms with Gasteiger partial charge in [0.15, 0.2) is 0 Å². The van der Waals surface area contributed by atoms with Gasteiger partial charge in [0.2, 0.25) is 0 Å². The summed E-state index contributed by atoms with van der Waals surface area (Å²) in [6.07, 6.45) is 6.63. The molecule has 0 amide bonds. The van der Waals surface area contributed by atoms with Crippen molar-refractivity contribution in [2.75, 3.05) is 13.1 Å². The van der Waals surface area contributed by atoms with Gasteiger partial charge in [0.25, 0.3) is 0 Å². The topological polar surface area (TPSA) is 50.1 Å². The largest absolute Gasteiger partial charge is 0.387 e. The Morgan fingerprint density at radius 2 is 2.24 bits per heavy atom. The zero-order valence-electron chi connectivity index (χ0n) is 12.5. The van der Waals surface area contributed by atoms with Crippen LogP contribution in [0.2, 0.25) is 0 Å². The van der Waals surface area contributed by atoms with E-state index in [1.165, 1.54) is 5.56 Å². The van der Waals surface area contributed by atoms with Crippen LogP contribution in [-0.2, 0) is 13.0 Å². The molecule has 0 radical (unpaired) electrons. The highest BCUT2D eigenvalue weighted by Gasteiger charge is 2.30. The van der Waals surface area contributed by atoms with Crippen molar-refractivity contribution in [3.63, 3.8) is 0 Å². The molecular formula is C17H23N3O. The fourth-order valence-electron chi connectivity index (χ4n) is 3.13. The van der Waals surface area contributed by atoms with Crippen molar-refractivity contribution in [3.8, 4) is 11.4 Å². The Kier molecular flexibility index (Phi) is 4.08. The molecule has 4 heteroatoms. The minimum atomic E-state index is -0.672. The van der Waals surface area contributed by atoms with Gasteiger partial charge in [-0.15, -0.1) is 0 Å². The van der Waals surface area contributed by atoms with Crippen LogP contribution in [0.15, 0.2) is 36.7 Å². The molecule has 1 saturated heterocycles. The van der Waals surface area contributed by atoms with Crippen molar-refractivity contribution >= 4 is 0 Å². The van der Waals surface area contributed by atoms with E-state index in [0.717, 1.165) is 37.2 Å². The van der Waals surface area contributed by atoms with Crippen LogP contribution >= 0.6 is 0 Å². The predicted molar refractivity (Wildman–Crippen MR) is 84.1 cm³/mol. The number of piperidine rings is 1. The summed E-state index contributed by atoms with van der Waals surface area (Å²) >= 11 is 0. The number of aromatic nitrogens is 2. The van der Waals surface area contributed by atoms with Gasteiger partial charge in [-0.2, -0.15) is 0 Å². The van der Waals surface area contributed by atoms with Crippen molar-refractivity contribution in [1.29, 1.82) is 0 Å². The average molecular weight is 285 g/mol. The number of hydrogen-bond donors (Lipinski definition) is 2. The third-order valence-electron chi connectivity index (χ3n) is 4.27. The van der Waals surface area contributed by atoms with Crippen molar-refractivity contribution in [2.45, 2.75) is 38.3 Å². The molecule has 2 N–H and O–H groups in total. The number of hydrogen-bond acceptors (Lipinski definition) is 3. The van der Waals surface area contributed by atoms with Crippen LogP contribution in [0.1, 0.15) is 25.3 Å². The van der Waals surface area contributed by atoms with Crippen LogP contribution in [-0.4, -0.2) is 33.3 Å². The van der Waals surface area contributed by atoms with Crippen molar-refractivity contribution in [2.24, 2.45) is 0 Å². The minimum absolute atomic E-state index is 0.591. The van der Waals surface area contributed by atoms with Crippen molar-refractivity contribution < 1.29 is 5.11 Å². The standard InChI is InChI=1S/C17H23N3O/c1-2-14-6-3-4-7-15(14)16-19-10-11-20(16)13-17(21)8-5-9-18-12-17/h3-4,6-7,10-11,18,21H,2,5,8-9,12-13H2,1H3. The molecule has 1 aliphatic heterocycles. The maximum atomic E-state index is 10.7.